The van der Waals surface area contributed by atoms with Gasteiger partial charge in [-0.25, -0.2) is 4.98 Å². The summed E-state index contributed by atoms with van der Waals surface area (Å²) >= 11 is 0. The second kappa shape index (κ2) is 5.12. The van der Waals surface area contributed by atoms with Gasteiger partial charge in [0.1, 0.15) is 0 Å². The third-order valence-electron chi connectivity index (χ3n) is 2.95. The van der Waals surface area contributed by atoms with Crippen LogP contribution in [0.3, 0.4) is 0 Å². The maximum absolute atomic E-state index is 9.58. The van der Waals surface area contributed by atoms with E-state index < -0.39 is 5.54 Å². The fourth-order valence-electron chi connectivity index (χ4n) is 1.73. The Hall–Kier alpha value is -1.65. The highest BCUT2D eigenvalue weighted by atomic mass is 16.3. The standard InChI is InChI=1S/C13H17N3O/c1-13(9-17,11-5-3-2-4-6-11)16-8-12-7-14-10-15-12/h2-7,10,16-17H,8-9H2,1H3,(H,14,15). The Bertz CT molecular complexity index is 441. The predicted molar refractivity (Wildman–Crippen MR) is 66.3 cm³/mol. The summed E-state index contributed by atoms with van der Waals surface area (Å²) in [6.45, 7) is 2.68. The summed E-state index contributed by atoms with van der Waals surface area (Å²) in [4.78, 5) is 6.99. The molecule has 0 spiro atoms. The fraction of sp³-hybridized carbons (Fsp3) is 0.308. The Labute approximate surface area is 101 Å². The molecule has 0 radical (unpaired) electrons. The van der Waals surface area contributed by atoms with Crippen molar-refractivity contribution in [1.82, 2.24) is 15.3 Å². The van der Waals surface area contributed by atoms with Crippen LogP contribution in [0.4, 0.5) is 0 Å². The van der Waals surface area contributed by atoms with E-state index in [2.05, 4.69) is 15.3 Å². The lowest BCUT2D eigenvalue weighted by Crippen LogP contribution is -2.42. The van der Waals surface area contributed by atoms with Crippen LogP contribution in [0.15, 0.2) is 42.9 Å². The number of H-pyrrole nitrogens is 1. The third-order valence-corrected chi connectivity index (χ3v) is 2.95. The highest BCUT2D eigenvalue weighted by Gasteiger charge is 2.24. The van der Waals surface area contributed by atoms with Crippen molar-refractivity contribution in [3.63, 3.8) is 0 Å². The van der Waals surface area contributed by atoms with E-state index in [1.807, 2.05) is 37.3 Å². The summed E-state index contributed by atoms with van der Waals surface area (Å²) < 4.78 is 0. The lowest BCUT2D eigenvalue weighted by atomic mass is 9.93. The SMILES string of the molecule is CC(CO)(NCc1cnc[nH]1)c1ccccc1. The molecule has 90 valence electrons. The number of hydrogen-bond donors (Lipinski definition) is 3. The van der Waals surface area contributed by atoms with Crippen molar-refractivity contribution in [2.75, 3.05) is 6.61 Å². The molecule has 0 aliphatic rings. The molecule has 1 heterocycles. The van der Waals surface area contributed by atoms with Gasteiger partial charge >= 0.3 is 0 Å². The molecule has 2 rings (SSSR count). The van der Waals surface area contributed by atoms with Crippen molar-refractivity contribution in [3.05, 3.63) is 54.1 Å². The number of aromatic amines is 1. The lowest BCUT2D eigenvalue weighted by molar-refractivity contribution is 0.173. The summed E-state index contributed by atoms with van der Waals surface area (Å²) in [7, 11) is 0. The minimum atomic E-state index is -0.438. The molecular formula is C13H17N3O. The third kappa shape index (κ3) is 2.72. The Morgan fingerprint density at radius 3 is 2.71 bits per heavy atom. The monoisotopic (exact) mass is 231 g/mol. The second-order valence-electron chi connectivity index (χ2n) is 4.29. The number of nitrogens with zero attached hydrogens (tertiary/aromatic N) is 1. The summed E-state index contributed by atoms with van der Waals surface area (Å²) in [5, 5.41) is 12.9. The summed E-state index contributed by atoms with van der Waals surface area (Å²) in [6.07, 6.45) is 3.42. The minimum absolute atomic E-state index is 0.0468. The maximum Gasteiger partial charge on any atom is 0.0922 e. The Kier molecular flexibility index (Phi) is 3.56. The van der Waals surface area contributed by atoms with Crippen LogP contribution in [0.5, 0.6) is 0 Å². The molecule has 1 aromatic carbocycles. The Balaban J connectivity index is 2.09. The van der Waals surface area contributed by atoms with Gasteiger partial charge in [0.15, 0.2) is 0 Å². The van der Waals surface area contributed by atoms with Crippen LogP contribution in [-0.2, 0) is 12.1 Å². The number of hydrogen-bond acceptors (Lipinski definition) is 3. The van der Waals surface area contributed by atoms with Crippen LogP contribution in [0.2, 0.25) is 0 Å². The number of rotatable bonds is 5. The second-order valence-corrected chi connectivity index (χ2v) is 4.29. The molecule has 0 saturated heterocycles. The van der Waals surface area contributed by atoms with E-state index in [1.165, 1.54) is 0 Å². The molecule has 4 heteroatoms. The zero-order chi connectivity index (χ0) is 12.1. The van der Waals surface area contributed by atoms with Crippen LogP contribution in [0.1, 0.15) is 18.2 Å². The van der Waals surface area contributed by atoms with Gasteiger partial charge in [-0.1, -0.05) is 30.3 Å². The van der Waals surface area contributed by atoms with Gasteiger partial charge in [0.2, 0.25) is 0 Å². The van der Waals surface area contributed by atoms with E-state index in [1.54, 1.807) is 12.5 Å². The average molecular weight is 231 g/mol. The smallest absolute Gasteiger partial charge is 0.0922 e. The summed E-state index contributed by atoms with van der Waals surface area (Å²) in [5.74, 6) is 0. The van der Waals surface area contributed by atoms with Gasteiger partial charge in [-0.3, -0.25) is 0 Å². The zero-order valence-corrected chi connectivity index (χ0v) is 9.85. The van der Waals surface area contributed by atoms with Crippen molar-refractivity contribution in [2.45, 2.75) is 19.0 Å². The fourth-order valence-corrected chi connectivity index (χ4v) is 1.73. The molecule has 2 aromatic rings. The van der Waals surface area contributed by atoms with Crippen molar-refractivity contribution >= 4 is 0 Å². The molecule has 3 N–H and O–H groups in total. The van der Waals surface area contributed by atoms with Gasteiger partial charge in [0, 0.05) is 18.4 Å². The molecular weight excluding hydrogens is 214 g/mol. The van der Waals surface area contributed by atoms with Gasteiger partial charge in [-0.2, -0.15) is 0 Å². The van der Waals surface area contributed by atoms with E-state index in [0.717, 1.165) is 11.3 Å². The highest BCUT2D eigenvalue weighted by Crippen LogP contribution is 2.20. The number of imidazole rings is 1. The Morgan fingerprint density at radius 1 is 1.35 bits per heavy atom. The van der Waals surface area contributed by atoms with Crippen LogP contribution in [-0.4, -0.2) is 21.7 Å². The first-order valence-electron chi connectivity index (χ1n) is 5.63. The largest absolute Gasteiger partial charge is 0.394 e. The number of aliphatic hydroxyl groups is 1. The minimum Gasteiger partial charge on any atom is -0.394 e. The molecule has 0 fully saturated rings. The molecule has 0 amide bonds. The normalized spacial score (nSPS) is 14.5. The van der Waals surface area contributed by atoms with Gasteiger partial charge < -0.3 is 15.4 Å². The van der Waals surface area contributed by atoms with E-state index in [9.17, 15) is 5.11 Å². The van der Waals surface area contributed by atoms with Crippen LogP contribution in [0.25, 0.3) is 0 Å². The summed E-state index contributed by atoms with van der Waals surface area (Å²) in [5.41, 5.74) is 1.63. The van der Waals surface area contributed by atoms with E-state index >= 15 is 0 Å². The van der Waals surface area contributed by atoms with Gasteiger partial charge in [-0.15, -0.1) is 0 Å². The van der Waals surface area contributed by atoms with Crippen molar-refractivity contribution in [1.29, 1.82) is 0 Å². The van der Waals surface area contributed by atoms with Crippen LogP contribution >= 0.6 is 0 Å². The number of benzene rings is 1. The molecule has 0 saturated carbocycles. The molecule has 1 aromatic heterocycles. The molecule has 0 aliphatic heterocycles. The first-order valence-corrected chi connectivity index (χ1v) is 5.63. The Morgan fingerprint density at radius 2 is 2.12 bits per heavy atom. The highest BCUT2D eigenvalue weighted by molar-refractivity contribution is 5.23. The molecule has 0 bridgehead atoms. The quantitative estimate of drug-likeness (QED) is 0.729. The van der Waals surface area contributed by atoms with Crippen molar-refractivity contribution < 1.29 is 5.11 Å². The number of nitrogens with one attached hydrogen (secondary N) is 2. The number of aromatic nitrogens is 2. The molecule has 17 heavy (non-hydrogen) atoms. The maximum atomic E-state index is 9.58. The van der Waals surface area contributed by atoms with Crippen LogP contribution < -0.4 is 5.32 Å². The molecule has 1 atom stereocenters. The van der Waals surface area contributed by atoms with E-state index in [0.29, 0.717) is 6.54 Å². The molecule has 4 nitrogen and oxygen atoms in total. The first-order chi connectivity index (χ1) is 8.24. The topological polar surface area (TPSA) is 60.9 Å². The summed E-state index contributed by atoms with van der Waals surface area (Å²) in [6, 6.07) is 9.94. The first kappa shape index (κ1) is 11.8. The van der Waals surface area contributed by atoms with Gasteiger partial charge in [0.05, 0.1) is 18.5 Å². The average Bonchev–Trinajstić information content (AvgIpc) is 2.90. The zero-order valence-electron chi connectivity index (χ0n) is 9.85. The predicted octanol–water partition coefficient (Wildman–Crippen LogP) is 1.41. The van der Waals surface area contributed by atoms with Crippen molar-refractivity contribution in [3.8, 4) is 0 Å². The van der Waals surface area contributed by atoms with Gasteiger partial charge in [-0.05, 0) is 12.5 Å². The van der Waals surface area contributed by atoms with Crippen LogP contribution in [0, 0.1) is 0 Å². The lowest BCUT2D eigenvalue weighted by Gasteiger charge is -2.29. The van der Waals surface area contributed by atoms with E-state index in [-0.39, 0.29) is 6.61 Å². The van der Waals surface area contributed by atoms with E-state index in [4.69, 9.17) is 0 Å². The molecule has 1 unspecified atom stereocenters. The van der Waals surface area contributed by atoms with Gasteiger partial charge in [0.25, 0.3) is 0 Å². The number of aliphatic hydroxyl groups excluding tert-OH is 1. The van der Waals surface area contributed by atoms with Crippen molar-refractivity contribution in [2.24, 2.45) is 0 Å². The molecule has 0 aliphatic carbocycles.